The van der Waals surface area contributed by atoms with E-state index < -0.39 is 83.5 Å². The van der Waals surface area contributed by atoms with Gasteiger partial charge in [-0.1, -0.05) is 107 Å². The van der Waals surface area contributed by atoms with Gasteiger partial charge in [0.1, 0.15) is 28.0 Å². The number of aliphatic hydroxyl groups is 5. The summed E-state index contributed by atoms with van der Waals surface area (Å²) in [5.41, 5.74) is 13.3. The number of nitrogens with zero attached hydrogens (tertiary/aromatic N) is 3. The van der Waals surface area contributed by atoms with Crippen LogP contribution in [0.25, 0.3) is 0 Å². The zero-order valence-corrected chi connectivity index (χ0v) is 97.9. The normalized spacial score (nSPS) is 12.9. The summed E-state index contributed by atoms with van der Waals surface area (Å²) in [4.78, 5) is 67.2. The van der Waals surface area contributed by atoms with Crippen LogP contribution in [0.1, 0.15) is 219 Å². The molecule has 0 heterocycles. The van der Waals surface area contributed by atoms with Gasteiger partial charge in [-0.25, -0.2) is 0 Å². The topological polar surface area (TPSA) is 502 Å². The molecule has 0 aromatic heterocycles. The minimum Gasteiger partial charge on any atom is -0.460 e. The van der Waals surface area contributed by atoms with Crippen molar-refractivity contribution in [2.45, 2.75) is 327 Å². The van der Waals surface area contributed by atoms with E-state index in [1.165, 1.54) is 22.3 Å². The summed E-state index contributed by atoms with van der Waals surface area (Å²) in [7, 11) is -10.9. The molecule has 0 amide bonds. The Bertz CT molecular complexity index is 4610. The average molecular weight is 2230 g/mol. The first-order chi connectivity index (χ1) is 68.5. The molecular formula is C103H179B5BrCl2N9O26S2. The summed E-state index contributed by atoms with van der Waals surface area (Å²) < 4.78 is 82.1. The Balaban J connectivity index is 0.00000181. The van der Waals surface area contributed by atoms with Gasteiger partial charge in [-0.15, -0.1) is 23.2 Å². The summed E-state index contributed by atoms with van der Waals surface area (Å²) in [6.45, 7) is 51.8. The van der Waals surface area contributed by atoms with Gasteiger partial charge in [-0.3, -0.25) is 47.0 Å². The number of ether oxygens (including phenoxy) is 5. The minimum atomic E-state index is -3.61. The van der Waals surface area contributed by atoms with Crippen LogP contribution in [-0.4, -0.2) is 322 Å². The molecule has 5 rings (SSSR count). The zero-order chi connectivity index (χ0) is 113. The maximum absolute atomic E-state index is 12.4. The maximum Gasteiger partial charge on any atom is 0.373 e. The Labute approximate surface area is 905 Å². The Morgan fingerprint density at radius 2 is 0.554 bits per heavy atom. The first-order valence-corrected chi connectivity index (χ1v) is 56.4. The van der Waals surface area contributed by atoms with Gasteiger partial charge in [0, 0.05) is 119 Å². The number of carbonyl (C=O) groups is 5. The average Bonchev–Trinajstić information content (AvgIpc) is 0.862. The smallest absolute Gasteiger partial charge is 0.373 e. The predicted molar refractivity (Wildman–Crippen MR) is 599 cm³/mol. The van der Waals surface area contributed by atoms with Crippen LogP contribution in [0, 0.1) is 34.6 Å². The fourth-order valence-electron chi connectivity index (χ4n) is 15.1. The van der Waals surface area contributed by atoms with Crippen molar-refractivity contribution in [3.63, 3.8) is 0 Å². The third-order valence-electron chi connectivity index (χ3n) is 21.1. The molecule has 0 unspecified atom stereocenters. The van der Waals surface area contributed by atoms with Gasteiger partial charge in [0.15, 0.2) is 0 Å². The van der Waals surface area contributed by atoms with E-state index in [0.717, 1.165) is 98.7 Å². The third kappa shape index (κ3) is 74.8. The van der Waals surface area contributed by atoms with Gasteiger partial charge in [-0.2, -0.15) is 16.8 Å². The standard InChI is InChI=1S/C23H41BN2O9S2.C21H35BCl2N2O3.C21H37BN2O5.C17H27BBrNO3.C17H28BNO4.C4H11NO2/c1-18-8-9-19(17-26(10-12-33-36(6,29)30)11-13-34-37(7,31)32)14-20(18)15-21(25-24(5)28)16-22(27)35-23(2,3)4;1-16-6-7-17(15-26(10-8-23)11-9-24)12-18(16)13-19(25-22(5)28)14-20(27)29-21(2,3)4;1-16-6-7-17(15-24(8-10-25)9-11-26)12-18(16)13-19(23-22(5)28)14-20(27)29-21(2,3)4;1-12-6-7-13(11-19)8-14(12)9-15(20-18(5)22)10-16(21)23-17(2,3)4;1-12-6-7-13(11-20)8-14(12)9-15(19-18(5)22)10-16(21)23-17(2,3)4;6-3-1-5-2-4-7/h8-9,14,21,25,28H,10-13,15-17H2,1-7H3;6-7,12,19,25,28H,8-11,13-15H2,1-5H3;6-7,12,19,23,25-26,28H,8-11,13-15H2,1-5H3;6-8,15,20,22H,9-11H2,1-5H3;6-8,15,19-20,22H,9-11H2,1-5H3;5-7H,1-4H2/t21-;2*19-;2*15-;/m00000./s1. The van der Waals surface area contributed by atoms with E-state index in [1.54, 1.807) is 54.9 Å². The largest absolute Gasteiger partial charge is 0.460 e. The summed E-state index contributed by atoms with van der Waals surface area (Å²) in [6, 6.07) is 29.2. The van der Waals surface area contributed by atoms with Crippen LogP contribution in [0.15, 0.2) is 91.0 Å². The lowest BCUT2D eigenvalue weighted by molar-refractivity contribution is -0.156. The van der Waals surface area contributed by atoms with Crippen molar-refractivity contribution in [1.29, 1.82) is 0 Å². The Morgan fingerprint density at radius 1 is 0.345 bits per heavy atom. The highest BCUT2D eigenvalue weighted by Crippen LogP contribution is 2.26. The van der Waals surface area contributed by atoms with Gasteiger partial charge in [-0.05, 0) is 288 Å². The number of nitrogens with one attached hydrogen (secondary N) is 6. The molecule has 0 saturated carbocycles. The van der Waals surface area contributed by atoms with E-state index in [9.17, 15) is 81.2 Å². The summed E-state index contributed by atoms with van der Waals surface area (Å²) in [5, 5.41) is 112. The van der Waals surface area contributed by atoms with Crippen LogP contribution in [0.2, 0.25) is 34.1 Å². The molecule has 840 valence electrons. The van der Waals surface area contributed by atoms with Crippen molar-refractivity contribution in [2.75, 3.05) is 116 Å². The van der Waals surface area contributed by atoms with Crippen LogP contribution in [-0.2, 0) is 140 Å². The number of esters is 5. The fourth-order valence-corrected chi connectivity index (χ4v) is 16.7. The number of aliphatic hydroxyl groups excluding tert-OH is 5. The SMILES string of the molecule is CB(O)N[C@H](CC(=O)OC(C)(C)C)Cc1cc(CBr)ccc1C.CB(O)N[C@H](CC(=O)OC(C)(C)C)Cc1cc(CN(CCCl)CCCl)ccc1C.CB(O)N[C@H](CC(=O)OC(C)(C)C)Cc1cc(CN(CCO)CCO)ccc1C.CB(O)N[C@H](CC(=O)OC(C)(C)C)Cc1cc(CN(CCOS(C)(=O)=O)CCOS(C)(=O)=O)ccc1C.CB(O)N[C@H](CC(=O)OC(C)(C)C)Cc1cc(CO)ccc1C.OCCNCCO. The van der Waals surface area contributed by atoms with Gasteiger partial charge in [0.05, 0.1) is 90.9 Å². The van der Waals surface area contributed by atoms with E-state index in [4.69, 9.17) is 65.5 Å². The van der Waals surface area contributed by atoms with Crippen LogP contribution in [0.4, 0.5) is 0 Å². The second-order valence-electron chi connectivity index (χ2n) is 42.2. The molecular weight excluding hydrogens is 2050 g/mol. The first kappa shape index (κ1) is 142. The minimum absolute atomic E-state index is 0.0200. The molecule has 0 aliphatic carbocycles. The van der Waals surface area contributed by atoms with Gasteiger partial charge in [0.2, 0.25) is 0 Å². The number of carbonyl (C=O) groups excluding carboxylic acids is 5. The third-order valence-corrected chi connectivity index (χ3v) is 23.3. The van der Waals surface area contributed by atoms with Crippen molar-refractivity contribution in [3.05, 3.63) is 174 Å². The molecule has 0 bridgehead atoms. The molecule has 0 saturated heterocycles. The number of hydrogen-bond donors (Lipinski definition) is 16. The highest BCUT2D eigenvalue weighted by Gasteiger charge is 2.31. The lowest BCUT2D eigenvalue weighted by Gasteiger charge is -2.25. The van der Waals surface area contributed by atoms with E-state index in [0.29, 0.717) is 83.1 Å². The lowest BCUT2D eigenvalue weighted by Crippen LogP contribution is -2.43. The number of halogens is 3. The zero-order valence-electron chi connectivity index (χ0n) is 93.2. The van der Waals surface area contributed by atoms with Gasteiger partial charge in [0.25, 0.3) is 20.2 Å². The molecule has 5 aromatic rings. The number of rotatable bonds is 58. The van der Waals surface area contributed by atoms with Gasteiger partial charge < -0.3 is 106 Å². The van der Waals surface area contributed by atoms with E-state index >= 15 is 0 Å². The Morgan fingerprint density at radius 3 is 0.750 bits per heavy atom. The van der Waals surface area contributed by atoms with E-state index in [-0.39, 0.29) is 151 Å². The fraction of sp³-hybridized carbons (Fsp3) is 0.660. The Hall–Kier alpha value is -6.11. The highest BCUT2D eigenvalue weighted by atomic mass is 79.9. The van der Waals surface area contributed by atoms with E-state index in [1.807, 2.05) is 162 Å². The highest BCUT2D eigenvalue weighted by molar-refractivity contribution is 9.08. The van der Waals surface area contributed by atoms with Crippen molar-refractivity contribution >= 4 is 124 Å². The first-order valence-electron chi connectivity index (χ1n) is 50.5. The number of benzene rings is 5. The van der Waals surface area contributed by atoms with Crippen LogP contribution >= 0.6 is 39.1 Å². The molecule has 0 aliphatic rings. The molecule has 0 spiro atoms. The van der Waals surface area contributed by atoms with Crippen molar-refractivity contribution < 1.29 is 124 Å². The lowest BCUT2D eigenvalue weighted by atomic mass is 9.85. The van der Waals surface area contributed by atoms with Crippen molar-refractivity contribution in [1.82, 2.24) is 46.2 Å². The quantitative estimate of drug-likeness (QED) is 0.00430. The molecule has 5 aromatic carbocycles. The Kier molecular flexibility index (Phi) is 70.3. The summed E-state index contributed by atoms with van der Waals surface area (Å²) in [5.74, 6) is -0.391. The van der Waals surface area contributed by atoms with Crippen LogP contribution in [0.5, 0.6) is 0 Å². The van der Waals surface area contributed by atoms with Crippen molar-refractivity contribution in [2.24, 2.45) is 0 Å². The monoisotopic (exact) mass is 2230 g/mol. The van der Waals surface area contributed by atoms with Crippen LogP contribution in [0.3, 0.4) is 0 Å². The summed E-state index contributed by atoms with van der Waals surface area (Å²) >= 11 is 15.3. The molecule has 16 N–H and O–H groups in total. The second-order valence-corrected chi connectivity index (χ2v) is 46.8. The molecule has 45 heteroatoms. The summed E-state index contributed by atoms with van der Waals surface area (Å²) in [6.07, 6.45) is 5.63. The van der Waals surface area contributed by atoms with Crippen molar-refractivity contribution in [3.8, 4) is 0 Å². The number of aryl methyl sites for hydroxylation is 5. The second kappa shape index (κ2) is 73.3. The van der Waals surface area contributed by atoms with Crippen LogP contribution < -0.4 is 31.5 Å². The molecule has 0 fully saturated rings. The maximum atomic E-state index is 12.4. The molecule has 5 atom stereocenters. The van der Waals surface area contributed by atoms with Gasteiger partial charge >= 0.3 is 65.1 Å². The van der Waals surface area contributed by atoms with E-state index in [2.05, 4.69) is 109 Å². The molecule has 0 radical (unpaired) electrons. The molecule has 35 nitrogen and oxygen atoms in total. The predicted octanol–water partition coefficient (Wildman–Crippen LogP) is 9.46. The molecule has 148 heavy (non-hydrogen) atoms. The number of alkyl halides is 3. The molecule has 0 aliphatic heterocycles. The number of hydrogen-bond acceptors (Lipinski definition) is 35.